The summed E-state index contributed by atoms with van der Waals surface area (Å²) in [5.41, 5.74) is 1.20. The average Bonchev–Trinajstić information content (AvgIpc) is 3.30. The van der Waals surface area contributed by atoms with Gasteiger partial charge in [-0.25, -0.2) is 13.2 Å². The second kappa shape index (κ2) is 5.55. The number of anilines is 1. The molecule has 3 rings (SSSR count). The first-order chi connectivity index (χ1) is 10.4. The Morgan fingerprint density at radius 3 is 2.41 bits per heavy atom. The van der Waals surface area contributed by atoms with Crippen molar-refractivity contribution in [1.29, 1.82) is 0 Å². The molecule has 2 fully saturated rings. The third-order valence-corrected chi connectivity index (χ3v) is 5.21. The van der Waals surface area contributed by atoms with Gasteiger partial charge in [0.05, 0.1) is 29.4 Å². The summed E-state index contributed by atoms with van der Waals surface area (Å²) in [6.07, 6.45) is 3.10. The van der Waals surface area contributed by atoms with Crippen molar-refractivity contribution in [2.24, 2.45) is 0 Å². The molecule has 1 aliphatic heterocycles. The van der Waals surface area contributed by atoms with Crippen molar-refractivity contribution in [2.75, 3.05) is 37.5 Å². The van der Waals surface area contributed by atoms with Gasteiger partial charge >= 0.3 is 5.97 Å². The predicted molar refractivity (Wildman–Crippen MR) is 81.5 cm³/mol. The van der Waals surface area contributed by atoms with Crippen LogP contribution in [0.1, 0.15) is 34.7 Å². The van der Waals surface area contributed by atoms with Gasteiger partial charge in [-0.15, -0.1) is 0 Å². The monoisotopic (exact) mass is 325 g/mol. The highest BCUT2D eigenvalue weighted by atomic mass is 32.2. The van der Waals surface area contributed by atoms with E-state index in [1.165, 1.54) is 0 Å². The summed E-state index contributed by atoms with van der Waals surface area (Å²) in [5, 5.41) is 9.56. The van der Waals surface area contributed by atoms with Gasteiger partial charge in [0.1, 0.15) is 0 Å². The molecule has 22 heavy (non-hydrogen) atoms. The Morgan fingerprint density at radius 2 is 1.91 bits per heavy atom. The molecule has 0 spiro atoms. The van der Waals surface area contributed by atoms with Gasteiger partial charge in [0.25, 0.3) is 0 Å². The standard InChI is InChI=1S/C15H19NO5S/c1-22(19,20)13-9-11(10-2-3-10)8-12(15(17)18)14(13)16-4-6-21-7-5-16/h8-10H,2-7H2,1H3,(H,17,18). The molecule has 120 valence electrons. The Labute approximate surface area is 129 Å². The summed E-state index contributed by atoms with van der Waals surface area (Å²) in [5.74, 6) is -0.800. The molecule has 1 heterocycles. The first kappa shape index (κ1) is 15.3. The summed E-state index contributed by atoms with van der Waals surface area (Å²) < 4.78 is 29.7. The molecule has 2 aliphatic rings. The maximum absolute atomic E-state index is 12.2. The minimum Gasteiger partial charge on any atom is -0.478 e. The first-order valence-corrected chi connectivity index (χ1v) is 9.21. The number of benzene rings is 1. The Hall–Kier alpha value is -1.60. The molecule has 1 aliphatic carbocycles. The number of hydrogen-bond donors (Lipinski definition) is 1. The lowest BCUT2D eigenvalue weighted by molar-refractivity contribution is 0.0696. The fraction of sp³-hybridized carbons (Fsp3) is 0.533. The summed E-state index contributed by atoms with van der Waals surface area (Å²) in [4.78, 5) is 13.6. The van der Waals surface area contributed by atoms with Crippen LogP contribution in [-0.4, -0.2) is 52.1 Å². The van der Waals surface area contributed by atoms with Gasteiger partial charge in [0.2, 0.25) is 0 Å². The van der Waals surface area contributed by atoms with Gasteiger partial charge in [-0.2, -0.15) is 0 Å². The summed E-state index contributed by atoms with van der Waals surface area (Å²) in [6.45, 7) is 1.91. The van der Waals surface area contributed by atoms with Crippen molar-refractivity contribution in [2.45, 2.75) is 23.7 Å². The van der Waals surface area contributed by atoms with Crippen LogP contribution in [0.4, 0.5) is 5.69 Å². The van der Waals surface area contributed by atoms with E-state index in [9.17, 15) is 18.3 Å². The quantitative estimate of drug-likeness (QED) is 0.903. The van der Waals surface area contributed by atoms with Crippen LogP contribution in [0, 0.1) is 0 Å². The predicted octanol–water partition coefficient (Wildman–Crippen LogP) is 1.50. The molecular weight excluding hydrogens is 306 g/mol. The number of carboxylic acids is 1. The van der Waals surface area contributed by atoms with Crippen LogP contribution in [0.25, 0.3) is 0 Å². The zero-order chi connectivity index (χ0) is 15.9. The van der Waals surface area contributed by atoms with Gasteiger partial charge in [-0.05, 0) is 36.5 Å². The van der Waals surface area contributed by atoms with Crippen molar-refractivity contribution >= 4 is 21.5 Å². The molecule has 1 N–H and O–H groups in total. The Kier molecular flexibility index (Phi) is 3.86. The topological polar surface area (TPSA) is 83.9 Å². The third kappa shape index (κ3) is 2.96. The smallest absolute Gasteiger partial charge is 0.337 e. The van der Waals surface area contributed by atoms with Gasteiger partial charge in [0, 0.05) is 19.3 Å². The molecule has 0 unspecified atom stereocenters. The molecule has 1 aromatic carbocycles. The molecule has 0 amide bonds. The highest BCUT2D eigenvalue weighted by molar-refractivity contribution is 7.90. The van der Waals surface area contributed by atoms with Crippen LogP contribution in [-0.2, 0) is 14.6 Å². The number of sulfone groups is 1. The third-order valence-electron chi connectivity index (χ3n) is 4.10. The lowest BCUT2D eigenvalue weighted by Crippen LogP contribution is -2.38. The van der Waals surface area contributed by atoms with E-state index in [2.05, 4.69) is 0 Å². The number of nitrogens with zero attached hydrogens (tertiary/aromatic N) is 1. The van der Waals surface area contributed by atoms with E-state index >= 15 is 0 Å². The van der Waals surface area contributed by atoms with Crippen LogP contribution in [0.5, 0.6) is 0 Å². The number of morpholine rings is 1. The van der Waals surface area contributed by atoms with Gasteiger partial charge in [0.15, 0.2) is 9.84 Å². The van der Waals surface area contributed by atoms with Crippen molar-refractivity contribution in [3.63, 3.8) is 0 Å². The lowest BCUT2D eigenvalue weighted by Gasteiger charge is -2.31. The minimum absolute atomic E-state index is 0.0757. The maximum atomic E-state index is 12.2. The fourth-order valence-corrected chi connectivity index (χ4v) is 3.78. The van der Waals surface area contributed by atoms with E-state index in [1.54, 1.807) is 17.0 Å². The number of hydrogen-bond acceptors (Lipinski definition) is 5. The zero-order valence-electron chi connectivity index (χ0n) is 12.4. The SMILES string of the molecule is CS(=O)(=O)c1cc(C2CC2)cc(C(=O)O)c1N1CCOCC1. The highest BCUT2D eigenvalue weighted by Gasteiger charge is 2.31. The Bertz CT molecular complexity index is 703. The van der Waals surface area contributed by atoms with E-state index in [1.807, 2.05) is 0 Å². The molecule has 0 atom stereocenters. The van der Waals surface area contributed by atoms with E-state index in [4.69, 9.17) is 4.74 Å². The molecule has 1 saturated heterocycles. The van der Waals surface area contributed by atoms with Crippen molar-refractivity contribution in [3.05, 3.63) is 23.3 Å². The van der Waals surface area contributed by atoms with Crippen molar-refractivity contribution < 1.29 is 23.1 Å². The van der Waals surface area contributed by atoms with Gasteiger partial charge in [-0.3, -0.25) is 0 Å². The van der Waals surface area contributed by atoms with Crippen LogP contribution < -0.4 is 4.90 Å². The Morgan fingerprint density at radius 1 is 1.27 bits per heavy atom. The summed E-state index contributed by atoms with van der Waals surface area (Å²) >= 11 is 0. The molecule has 1 aromatic rings. The average molecular weight is 325 g/mol. The molecule has 1 saturated carbocycles. The zero-order valence-corrected chi connectivity index (χ0v) is 13.2. The number of carbonyl (C=O) groups is 1. The summed E-state index contributed by atoms with van der Waals surface area (Å²) in [6, 6.07) is 3.30. The number of carboxylic acid groups (broad SMARTS) is 1. The molecule has 7 heteroatoms. The summed E-state index contributed by atoms with van der Waals surface area (Å²) in [7, 11) is -3.51. The van der Waals surface area contributed by atoms with Gasteiger partial charge < -0.3 is 14.7 Å². The fourth-order valence-electron chi connectivity index (χ4n) is 2.84. The number of rotatable bonds is 4. The number of aromatic carboxylic acids is 1. The van der Waals surface area contributed by atoms with Crippen LogP contribution in [0.2, 0.25) is 0 Å². The largest absolute Gasteiger partial charge is 0.478 e. The van der Waals surface area contributed by atoms with Crippen molar-refractivity contribution in [1.82, 2.24) is 0 Å². The first-order valence-electron chi connectivity index (χ1n) is 7.32. The highest BCUT2D eigenvalue weighted by Crippen LogP contribution is 2.43. The van der Waals surface area contributed by atoms with Crippen molar-refractivity contribution in [3.8, 4) is 0 Å². The molecular formula is C15H19NO5S. The maximum Gasteiger partial charge on any atom is 0.337 e. The Balaban J connectivity index is 2.20. The second-order valence-electron chi connectivity index (χ2n) is 5.87. The van der Waals surface area contributed by atoms with Gasteiger partial charge in [-0.1, -0.05) is 0 Å². The van der Waals surface area contributed by atoms with E-state index in [0.717, 1.165) is 24.7 Å². The second-order valence-corrected chi connectivity index (χ2v) is 7.85. The molecule has 0 radical (unpaired) electrons. The van der Waals surface area contributed by atoms with E-state index in [-0.39, 0.29) is 16.4 Å². The molecule has 0 aromatic heterocycles. The minimum atomic E-state index is -3.51. The lowest BCUT2D eigenvalue weighted by atomic mass is 10.0. The van der Waals surface area contributed by atoms with E-state index < -0.39 is 15.8 Å². The molecule has 6 nitrogen and oxygen atoms in total. The van der Waals surface area contributed by atoms with Crippen LogP contribution >= 0.6 is 0 Å². The molecule has 0 bridgehead atoms. The number of ether oxygens (including phenoxy) is 1. The van der Waals surface area contributed by atoms with E-state index in [0.29, 0.717) is 32.0 Å². The van der Waals surface area contributed by atoms with Crippen LogP contribution in [0.15, 0.2) is 17.0 Å². The normalized spacial score (nSPS) is 19.2. The van der Waals surface area contributed by atoms with Crippen LogP contribution in [0.3, 0.4) is 0 Å².